The minimum absolute atomic E-state index is 0.0913. The van der Waals surface area contributed by atoms with Crippen LogP contribution in [-0.4, -0.2) is 20.3 Å². The van der Waals surface area contributed by atoms with Gasteiger partial charge in [0.1, 0.15) is 11.0 Å². The van der Waals surface area contributed by atoms with Crippen LogP contribution >= 0.6 is 23.5 Å². The van der Waals surface area contributed by atoms with Gasteiger partial charge in [0, 0.05) is 0 Å². The van der Waals surface area contributed by atoms with Gasteiger partial charge in [0.05, 0.1) is 15.5 Å². The van der Waals surface area contributed by atoms with Crippen LogP contribution in [0.15, 0.2) is 59.5 Å². The minimum Gasteiger partial charge on any atom is -0.237 e. The highest BCUT2D eigenvalue weighted by molar-refractivity contribution is 8.17. The van der Waals surface area contributed by atoms with E-state index >= 15 is 0 Å². The van der Waals surface area contributed by atoms with Gasteiger partial charge in [-0.25, -0.2) is 8.93 Å². The van der Waals surface area contributed by atoms with E-state index in [-0.39, 0.29) is 6.04 Å². The molecule has 0 aromatic heterocycles. The first kappa shape index (κ1) is 17.1. The van der Waals surface area contributed by atoms with Crippen LogP contribution in [0.3, 0.4) is 0 Å². The third-order valence-electron chi connectivity index (χ3n) is 3.75. The average Bonchev–Trinajstić information content (AvgIpc) is 2.61. The van der Waals surface area contributed by atoms with Crippen molar-refractivity contribution in [2.24, 2.45) is 0 Å². The van der Waals surface area contributed by atoms with Gasteiger partial charge >= 0.3 is 0 Å². The topological polar surface area (TPSA) is 29.1 Å². The molecule has 0 bridgehead atoms. The van der Waals surface area contributed by atoms with Crippen molar-refractivity contribution in [3.63, 3.8) is 0 Å². The van der Waals surface area contributed by atoms with Gasteiger partial charge in [-0.1, -0.05) is 48.0 Å². The van der Waals surface area contributed by atoms with Crippen LogP contribution in [0.25, 0.3) is 0 Å². The lowest BCUT2D eigenvalue weighted by Gasteiger charge is -2.30. The Bertz CT molecular complexity index is 639. The highest BCUT2D eigenvalue weighted by Gasteiger charge is 2.27. The third-order valence-corrected chi connectivity index (χ3v) is 7.99. The summed E-state index contributed by atoms with van der Waals surface area (Å²) in [5.74, 6) is 2.36. The van der Waals surface area contributed by atoms with Gasteiger partial charge in [0.15, 0.2) is 0 Å². The van der Waals surface area contributed by atoms with Crippen molar-refractivity contribution in [3.05, 3.63) is 65.7 Å². The number of nitrogens with one attached hydrogen (secondary N) is 1. The Morgan fingerprint density at radius 3 is 2.35 bits per heavy atom. The van der Waals surface area contributed by atoms with E-state index in [0.29, 0.717) is 4.58 Å². The maximum Gasteiger partial charge on any atom is 0.125 e. The Kier molecular flexibility index (Phi) is 6.22. The molecule has 1 saturated heterocycles. The van der Waals surface area contributed by atoms with E-state index in [2.05, 4.69) is 29.0 Å². The Morgan fingerprint density at radius 1 is 1.04 bits per heavy atom. The summed E-state index contributed by atoms with van der Waals surface area (Å²) in [4.78, 5) is 0.836. The van der Waals surface area contributed by atoms with Crippen molar-refractivity contribution >= 4 is 34.5 Å². The quantitative estimate of drug-likeness (QED) is 0.845. The summed E-state index contributed by atoms with van der Waals surface area (Å²) < 4.78 is 16.5. The van der Waals surface area contributed by atoms with Crippen molar-refractivity contribution in [1.82, 2.24) is 4.72 Å². The summed E-state index contributed by atoms with van der Waals surface area (Å²) in [5.41, 5.74) is 2.39. The normalized spacial score (nSPS) is 18.5. The molecule has 2 atom stereocenters. The van der Waals surface area contributed by atoms with Crippen molar-refractivity contribution in [3.8, 4) is 0 Å². The molecule has 1 aliphatic rings. The first-order valence-corrected chi connectivity index (χ1v) is 11.0. The molecule has 0 spiro atoms. The van der Waals surface area contributed by atoms with Crippen molar-refractivity contribution in [2.45, 2.75) is 28.9 Å². The lowest BCUT2D eigenvalue weighted by atomic mass is 10.1. The SMILES string of the molecule is Cc1ccc([S@@](=O)N[C@H](c2ccccc2)C2SCCCS2)cc1. The number of hydrogen-bond donors (Lipinski definition) is 1. The molecule has 0 aliphatic carbocycles. The zero-order chi connectivity index (χ0) is 16.1. The fourth-order valence-corrected chi connectivity index (χ4v) is 6.75. The lowest BCUT2D eigenvalue weighted by Crippen LogP contribution is -2.31. The molecule has 1 N–H and O–H groups in total. The molecule has 2 aromatic rings. The Morgan fingerprint density at radius 2 is 1.70 bits per heavy atom. The lowest BCUT2D eigenvalue weighted by molar-refractivity contribution is 0.647. The molecule has 122 valence electrons. The van der Waals surface area contributed by atoms with Crippen LogP contribution < -0.4 is 4.72 Å². The van der Waals surface area contributed by atoms with E-state index in [0.717, 1.165) is 4.90 Å². The average molecular weight is 364 g/mol. The predicted octanol–water partition coefficient (Wildman–Crippen LogP) is 4.54. The van der Waals surface area contributed by atoms with Gasteiger partial charge in [-0.2, -0.15) is 0 Å². The van der Waals surface area contributed by atoms with Crippen LogP contribution in [-0.2, 0) is 11.0 Å². The van der Waals surface area contributed by atoms with Crippen molar-refractivity contribution in [1.29, 1.82) is 0 Å². The van der Waals surface area contributed by atoms with Crippen LogP contribution in [0.4, 0.5) is 0 Å². The minimum atomic E-state index is -1.20. The molecule has 1 fully saturated rings. The smallest absolute Gasteiger partial charge is 0.125 e. The van der Waals surface area contributed by atoms with Crippen molar-refractivity contribution in [2.75, 3.05) is 11.5 Å². The Hall–Kier alpha value is -0.750. The van der Waals surface area contributed by atoms with E-state index in [9.17, 15) is 4.21 Å². The molecule has 0 amide bonds. The molecule has 3 rings (SSSR count). The van der Waals surface area contributed by atoms with Crippen LogP contribution in [0.1, 0.15) is 23.6 Å². The summed E-state index contributed by atoms with van der Waals surface area (Å²) in [6.07, 6.45) is 1.26. The number of hydrogen-bond acceptors (Lipinski definition) is 3. The largest absolute Gasteiger partial charge is 0.237 e. The summed E-state index contributed by atoms with van der Waals surface area (Å²) in [6.45, 7) is 2.04. The van der Waals surface area contributed by atoms with Gasteiger partial charge < -0.3 is 0 Å². The Labute approximate surface area is 149 Å². The second-order valence-electron chi connectivity index (χ2n) is 5.55. The molecule has 23 heavy (non-hydrogen) atoms. The standard InChI is InChI=1S/C18H21NOS3/c1-14-8-10-16(11-9-14)23(20)19-17(15-6-3-2-4-7-15)18-21-12-5-13-22-18/h2-4,6-11,17-19H,5,12-13H2,1H3/t17-,23-/m1/s1. The molecular formula is C18H21NOS3. The number of benzene rings is 2. The maximum absolute atomic E-state index is 12.8. The third kappa shape index (κ3) is 4.63. The van der Waals surface area contributed by atoms with Crippen LogP contribution in [0.2, 0.25) is 0 Å². The van der Waals surface area contributed by atoms with E-state index in [4.69, 9.17) is 0 Å². The van der Waals surface area contributed by atoms with E-state index in [1.165, 1.54) is 29.1 Å². The number of rotatable bonds is 5. The first-order valence-electron chi connectivity index (χ1n) is 7.77. The zero-order valence-electron chi connectivity index (χ0n) is 13.1. The molecule has 1 aliphatic heterocycles. The fourth-order valence-electron chi connectivity index (χ4n) is 2.48. The van der Waals surface area contributed by atoms with Gasteiger partial charge in [0.2, 0.25) is 0 Å². The summed E-state index contributed by atoms with van der Waals surface area (Å²) in [6, 6.07) is 18.4. The summed E-state index contributed by atoms with van der Waals surface area (Å²) >= 11 is 3.94. The number of thioether (sulfide) groups is 2. The molecule has 5 heteroatoms. The molecule has 0 radical (unpaired) electrons. The zero-order valence-corrected chi connectivity index (χ0v) is 15.6. The second-order valence-corrected chi connectivity index (χ2v) is 9.59. The fraction of sp³-hybridized carbons (Fsp3) is 0.333. The Balaban J connectivity index is 1.80. The van der Waals surface area contributed by atoms with Crippen LogP contribution in [0, 0.1) is 6.92 Å². The van der Waals surface area contributed by atoms with Crippen molar-refractivity contribution < 1.29 is 4.21 Å². The molecule has 0 saturated carbocycles. The second kappa shape index (κ2) is 8.38. The van der Waals surface area contributed by atoms with E-state index in [1.54, 1.807) is 0 Å². The summed E-state index contributed by atoms with van der Waals surface area (Å²) in [5, 5.41) is 0. The highest BCUT2D eigenvalue weighted by atomic mass is 32.2. The molecule has 1 heterocycles. The van der Waals surface area contributed by atoms with E-state index in [1.807, 2.05) is 60.8 Å². The molecule has 0 unspecified atom stereocenters. The van der Waals surface area contributed by atoms with Crippen LogP contribution in [0.5, 0.6) is 0 Å². The maximum atomic E-state index is 12.8. The van der Waals surface area contributed by atoms with E-state index < -0.39 is 11.0 Å². The molecular weight excluding hydrogens is 342 g/mol. The van der Waals surface area contributed by atoms with Gasteiger partial charge in [-0.15, -0.1) is 23.5 Å². The predicted molar refractivity (Wildman–Crippen MR) is 103 cm³/mol. The first-order chi connectivity index (χ1) is 11.2. The van der Waals surface area contributed by atoms with Gasteiger partial charge in [0.25, 0.3) is 0 Å². The highest BCUT2D eigenvalue weighted by Crippen LogP contribution is 2.39. The van der Waals surface area contributed by atoms with Gasteiger partial charge in [-0.3, -0.25) is 0 Å². The monoisotopic (exact) mass is 363 g/mol. The van der Waals surface area contributed by atoms with Gasteiger partial charge in [-0.05, 0) is 42.5 Å². The molecule has 2 aromatic carbocycles. The summed E-state index contributed by atoms with van der Waals surface area (Å²) in [7, 11) is -1.20. The molecule has 2 nitrogen and oxygen atoms in total. The number of aryl methyl sites for hydroxylation is 1.